The van der Waals surface area contributed by atoms with Crippen molar-refractivity contribution in [3.05, 3.63) is 30.0 Å². The lowest BCUT2D eigenvalue weighted by molar-refractivity contribution is 0.319. The molecule has 0 fully saturated rings. The second-order valence-electron chi connectivity index (χ2n) is 5.18. The first-order valence-corrected chi connectivity index (χ1v) is 9.17. The van der Waals surface area contributed by atoms with Crippen LogP contribution in [0.2, 0.25) is 0 Å². The van der Waals surface area contributed by atoms with Gasteiger partial charge in [-0.1, -0.05) is 35.7 Å². The molecule has 0 atom stereocenters. The molecule has 0 bridgehead atoms. The third-order valence-corrected chi connectivity index (χ3v) is 4.01. The van der Waals surface area contributed by atoms with Gasteiger partial charge in [-0.05, 0) is 37.7 Å². The van der Waals surface area contributed by atoms with Crippen molar-refractivity contribution in [1.82, 2.24) is 9.47 Å². The van der Waals surface area contributed by atoms with Crippen LogP contribution in [0.15, 0.2) is 24.3 Å². The van der Waals surface area contributed by atoms with Crippen molar-refractivity contribution in [3.63, 3.8) is 0 Å². The molecule has 3 nitrogen and oxygen atoms in total. The summed E-state index contributed by atoms with van der Waals surface area (Å²) in [7, 11) is 4.12. The number of aryl methyl sites for hydroxylation is 1. The molecule has 1 aromatic heterocycles. The average Bonchev–Trinajstić information content (AvgIpc) is 2.85. The van der Waals surface area contributed by atoms with Gasteiger partial charge in [0.1, 0.15) is 5.75 Å². The molecule has 0 aliphatic rings. The van der Waals surface area contributed by atoms with E-state index >= 15 is 0 Å². The Labute approximate surface area is 148 Å². The molecule has 0 aliphatic heterocycles. The van der Waals surface area contributed by atoms with E-state index in [2.05, 4.69) is 56.6 Å². The van der Waals surface area contributed by atoms with E-state index in [4.69, 9.17) is 11.2 Å². The van der Waals surface area contributed by atoms with Crippen LogP contribution in [0.5, 0.6) is 5.75 Å². The van der Waals surface area contributed by atoms with Crippen LogP contribution in [0.3, 0.4) is 0 Å². The minimum absolute atomic E-state index is 0.655. The minimum atomic E-state index is 0.655. The number of alkyl halides is 1. The number of fused-ring (bicyclic) bond motifs is 1. The number of aromatic nitrogens is 1. The van der Waals surface area contributed by atoms with Crippen molar-refractivity contribution >= 4 is 26.8 Å². The zero-order valence-electron chi connectivity index (χ0n) is 14.6. The second kappa shape index (κ2) is 10.4. The summed E-state index contributed by atoms with van der Waals surface area (Å²) in [4.78, 5) is 2.13. The summed E-state index contributed by atoms with van der Waals surface area (Å²) in [5, 5.41) is 2.17. The monoisotopic (exact) mass is 378 g/mol. The van der Waals surface area contributed by atoms with Crippen LogP contribution in [0.4, 0.5) is 0 Å². The summed E-state index contributed by atoms with van der Waals surface area (Å²) >= 11 is 3.41. The van der Waals surface area contributed by atoms with Crippen molar-refractivity contribution in [3.8, 4) is 18.1 Å². The molecule has 0 aliphatic carbocycles. The van der Waals surface area contributed by atoms with Gasteiger partial charge in [0.25, 0.3) is 0 Å². The van der Waals surface area contributed by atoms with E-state index in [0.717, 1.165) is 30.7 Å². The number of benzene rings is 1. The topological polar surface area (TPSA) is 17.4 Å². The zero-order chi connectivity index (χ0) is 17.2. The van der Waals surface area contributed by atoms with Gasteiger partial charge < -0.3 is 9.30 Å². The maximum Gasteiger partial charge on any atom is 0.120 e. The first-order valence-electron chi connectivity index (χ1n) is 8.05. The Bertz CT molecular complexity index is 643. The first-order chi connectivity index (χ1) is 11.2. The lowest BCUT2D eigenvalue weighted by atomic mass is 10.2. The fourth-order valence-electron chi connectivity index (χ4n) is 2.36. The van der Waals surface area contributed by atoms with Gasteiger partial charge in [0.2, 0.25) is 0 Å². The Balaban J connectivity index is 0.00000127. The predicted octanol–water partition coefficient (Wildman–Crippen LogP) is 4.43. The molecule has 23 heavy (non-hydrogen) atoms. The fraction of sp³-hybridized carbons (Fsp3) is 0.474. The Kier molecular flexibility index (Phi) is 8.83. The number of terminal acetylenes is 1. The Morgan fingerprint density at radius 3 is 2.70 bits per heavy atom. The standard InChI is InChI=1S/C17H21BrN2O.C2H6/c1-4-9-19(2)13-15-11-14-12-16(21-10-5-8-18)6-7-17(14)20(15)3;1-2/h1,6-7,11-12H,5,8-10,13H2,2-3H3;1-2H3. The third kappa shape index (κ3) is 5.60. The fourth-order valence-corrected chi connectivity index (χ4v) is 2.59. The highest BCUT2D eigenvalue weighted by Gasteiger charge is 2.08. The molecule has 1 aromatic carbocycles. The second-order valence-corrected chi connectivity index (χ2v) is 5.98. The number of rotatable bonds is 7. The molecule has 0 unspecified atom stereocenters. The molecule has 2 aromatic rings. The maximum atomic E-state index is 5.75. The van der Waals surface area contributed by atoms with Crippen LogP contribution in [0.1, 0.15) is 26.0 Å². The molecule has 0 radical (unpaired) electrons. The number of hydrogen-bond acceptors (Lipinski definition) is 2. The first kappa shape index (κ1) is 19.6. The molecule has 0 saturated carbocycles. The molecule has 0 amide bonds. The third-order valence-electron chi connectivity index (χ3n) is 3.45. The summed E-state index contributed by atoms with van der Waals surface area (Å²) in [6, 6.07) is 8.46. The molecule has 1 heterocycles. The van der Waals surface area contributed by atoms with E-state index < -0.39 is 0 Å². The summed E-state index contributed by atoms with van der Waals surface area (Å²) < 4.78 is 7.96. The lowest BCUT2D eigenvalue weighted by Gasteiger charge is -2.13. The van der Waals surface area contributed by atoms with Gasteiger partial charge in [0.15, 0.2) is 0 Å². The van der Waals surface area contributed by atoms with Gasteiger partial charge >= 0.3 is 0 Å². The van der Waals surface area contributed by atoms with Crippen LogP contribution >= 0.6 is 15.9 Å². The van der Waals surface area contributed by atoms with Gasteiger partial charge in [-0.25, -0.2) is 0 Å². The van der Waals surface area contributed by atoms with Crippen molar-refractivity contribution in [2.45, 2.75) is 26.8 Å². The van der Waals surface area contributed by atoms with Crippen LogP contribution in [-0.2, 0) is 13.6 Å². The lowest BCUT2D eigenvalue weighted by Crippen LogP contribution is -2.19. The normalized spacial score (nSPS) is 10.3. The maximum absolute atomic E-state index is 5.75. The highest BCUT2D eigenvalue weighted by molar-refractivity contribution is 9.09. The Morgan fingerprint density at radius 2 is 2.04 bits per heavy atom. The number of hydrogen-bond donors (Lipinski definition) is 0. The summed E-state index contributed by atoms with van der Waals surface area (Å²) in [5.41, 5.74) is 2.47. The van der Waals surface area contributed by atoms with E-state index in [1.54, 1.807) is 0 Å². The van der Waals surface area contributed by atoms with Crippen LogP contribution in [0, 0.1) is 12.3 Å². The van der Waals surface area contributed by atoms with Crippen molar-refractivity contribution < 1.29 is 4.74 Å². The van der Waals surface area contributed by atoms with Crippen LogP contribution in [-0.4, -0.2) is 35.0 Å². The number of nitrogens with zero attached hydrogens (tertiary/aromatic N) is 2. The quantitative estimate of drug-likeness (QED) is 0.402. The smallest absolute Gasteiger partial charge is 0.120 e. The molecular weight excluding hydrogens is 352 g/mol. The van der Waals surface area contributed by atoms with E-state index in [1.807, 2.05) is 27.0 Å². The molecule has 4 heteroatoms. The minimum Gasteiger partial charge on any atom is -0.494 e. The molecule has 0 spiro atoms. The van der Waals surface area contributed by atoms with Crippen molar-refractivity contribution in [1.29, 1.82) is 0 Å². The molecule has 0 N–H and O–H groups in total. The van der Waals surface area contributed by atoms with E-state index in [9.17, 15) is 0 Å². The van der Waals surface area contributed by atoms with Crippen molar-refractivity contribution in [2.24, 2.45) is 7.05 Å². The molecular formula is C19H27BrN2O. The van der Waals surface area contributed by atoms with Gasteiger partial charge in [-0.2, -0.15) is 0 Å². The summed E-state index contributed by atoms with van der Waals surface area (Å²) in [6.07, 6.45) is 6.36. The zero-order valence-corrected chi connectivity index (χ0v) is 16.2. The van der Waals surface area contributed by atoms with E-state index in [-0.39, 0.29) is 0 Å². The summed E-state index contributed by atoms with van der Waals surface area (Å²) in [5.74, 6) is 3.60. The highest BCUT2D eigenvalue weighted by atomic mass is 79.9. The van der Waals surface area contributed by atoms with Gasteiger partial charge in [0, 0.05) is 35.5 Å². The Hall–Kier alpha value is -1.44. The van der Waals surface area contributed by atoms with E-state index in [1.165, 1.54) is 16.6 Å². The van der Waals surface area contributed by atoms with E-state index in [0.29, 0.717) is 6.54 Å². The average molecular weight is 379 g/mol. The molecule has 126 valence electrons. The van der Waals surface area contributed by atoms with Gasteiger partial charge in [0.05, 0.1) is 13.2 Å². The Morgan fingerprint density at radius 1 is 1.30 bits per heavy atom. The largest absolute Gasteiger partial charge is 0.494 e. The molecule has 2 rings (SSSR count). The van der Waals surface area contributed by atoms with Gasteiger partial charge in [-0.15, -0.1) is 6.42 Å². The van der Waals surface area contributed by atoms with Crippen molar-refractivity contribution in [2.75, 3.05) is 25.5 Å². The van der Waals surface area contributed by atoms with Crippen LogP contribution < -0.4 is 4.74 Å². The summed E-state index contributed by atoms with van der Waals surface area (Å²) in [6.45, 7) is 6.24. The van der Waals surface area contributed by atoms with Crippen LogP contribution in [0.25, 0.3) is 10.9 Å². The predicted molar refractivity (Wildman–Crippen MR) is 103 cm³/mol. The number of halogens is 1. The SMILES string of the molecule is C#CCN(C)Cc1cc2cc(OCCCBr)ccc2n1C.CC. The van der Waals surface area contributed by atoms with Gasteiger partial charge in [-0.3, -0.25) is 4.90 Å². The number of ether oxygens (including phenoxy) is 1. The molecule has 0 saturated heterocycles. The highest BCUT2D eigenvalue weighted by Crippen LogP contribution is 2.24.